The average molecular weight is 187 g/mol. The number of hydrogen-bond acceptors (Lipinski definition) is 0. The molecule has 0 unspecified atom stereocenters. The van der Waals surface area contributed by atoms with Crippen LogP contribution < -0.4 is 0 Å². The highest BCUT2D eigenvalue weighted by atomic mass is 79.9. The van der Waals surface area contributed by atoms with E-state index < -0.39 is 0 Å². The molecule has 0 aliphatic heterocycles. The molecule has 0 nitrogen and oxygen atoms in total. The summed E-state index contributed by atoms with van der Waals surface area (Å²) in [6.07, 6.45) is 5.84. The lowest BCUT2D eigenvalue weighted by atomic mass is 10.3. The van der Waals surface area contributed by atoms with Gasteiger partial charge in [-0.15, -0.1) is 0 Å². The normalized spacial score (nSPS) is 13.7. The van der Waals surface area contributed by atoms with Crippen LogP contribution in [-0.4, -0.2) is 0 Å². The van der Waals surface area contributed by atoms with Gasteiger partial charge in [-0.05, 0) is 19.9 Å². The molecule has 0 spiro atoms. The lowest BCUT2D eigenvalue weighted by molar-refractivity contribution is 1.52. The molecule has 1 heteroatoms. The van der Waals surface area contributed by atoms with Crippen LogP contribution in [-0.2, 0) is 0 Å². The third kappa shape index (κ3) is 4.22. The zero-order chi connectivity index (χ0) is 7.28. The van der Waals surface area contributed by atoms with Gasteiger partial charge in [-0.25, -0.2) is 0 Å². The van der Waals surface area contributed by atoms with Crippen molar-refractivity contribution < 1.29 is 0 Å². The van der Waals surface area contributed by atoms with Gasteiger partial charge < -0.3 is 0 Å². The molecule has 0 amide bonds. The maximum atomic E-state index is 3.63. The second kappa shape index (κ2) is 4.57. The van der Waals surface area contributed by atoms with Crippen molar-refractivity contribution in [3.8, 4) is 0 Å². The Balaban J connectivity index is 4.11. The average Bonchev–Trinajstić information content (AvgIpc) is 1.87. The van der Waals surface area contributed by atoms with Gasteiger partial charge >= 0.3 is 0 Å². The van der Waals surface area contributed by atoms with Crippen LogP contribution in [0.25, 0.3) is 0 Å². The van der Waals surface area contributed by atoms with Crippen LogP contribution in [0.1, 0.15) is 13.8 Å². The van der Waals surface area contributed by atoms with Crippen molar-refractivity contribution in [2.24, 2.45) is 0 Å². The number of rotatable bonds is 2. The molecule has 0 aromatic rings. The second-order valence-corrected chi connectivity index (χ2v) is 2.68. The standard InChI is InChI=1S/C8H11Br/c1-4-7(3)6-8(9)5-2/h4-6H,1H2,2-3H3/b7-6-,8-5+. The predicted octanol–water partition coefficient (Wildman–Crippen LogP) is 3.42. The molecule has 0 rings (SSSR count). The summed E-state index contributed by atoms with van der Waals surface area (Å²) in [5.74, 6) is 0. The van der Waals surface area contributed by atoms with Gasteiger partial charge in [-0.1, -0.05) is 40.2 Å². The molecule has 50 valence electrons. The number of hydrogen-bond donors (Lipinski definition) is 0. The van der Waals surface area contributed by atoms with Crippen LogP contribution in [0, 0.1) is 0 Å². The minimum absolute atomic E-state index is 1.10. The summed E-state index contributed by atoms with van der Waals surface area (Å²) in [4.78, 5) is 0. The molecule has 0 N–H and O–H groups in total. The van der Waals surface area contributed by atoms with Gasteiger partial charge in [-0.2, -0.15) is 0 Å². The molecule has 0 aliphatic carbocycles. The van der Waals surface area contributed by atoms with Gasteiger partial charge in [0.25, 0.3) is 0 Å². The third-order valence-corrected chi connectivity index (χ3v) is 1.65. The lowest BCUT2D eigenvalue weighted by Gasteiger charge is -1.88. The van der Waals surface area contributed by atoms with Crippen molar-refractivity contribution in [2.45, 2.75) is 13.8 Å². The minimum Gasteiger partial charge on any atom is -0.0988 e. The smallest absolute Gasteiger partial charge is 0.0135 e. The highest BCUT2D eigenvalue weighted by Gasteiger charge is 1.81. The first-order valence-electron chi connectivity index (χ1n) is 2.83. The minimum atomic E-state index is 1.10. The van der Waals surface area contributed by atoms with Gasteiger partial charge in [0.15, 0.2) is 0 Å². The Morgan fingerprint density at radius 2 is 2.11 bits per heavy atom. The third-order valence-electron chi connectivity index (χ3n) is 0.963. The predicted molar refractivity (Wildman–Crippen MR) is 46.6 cm³/mol. The van der Waals surface area contributed by atoms with E-state index in [2.05, 4.69) is 22.5 Å². The summed E-state index contributed by atoms with van der Waals surface area (Å²) < 4.78 is 1.10. The van der Waals surface area contributed by atoms with E-state index in [9.17, 15) is 0 Å². The van der Waals surface area contributed by atoms with E-state index in [0.29, 0.717) is 0 Å². The molecule has 0 bridgehead atoms. The first-order chi connectivity index (χ1) is 4.20. The Labute approximate surface area is 65.1 Å². The Kier molecular flexibility index (Phi) is 4.41. The summed E-state index contributed by atoms with van der Waals surface area (Å²) in [6, 6.07) is 0. The van der Waals surface area contributed by atoms with Gasteiger partial charge in [0.1, 0.15) is 0 Å². The second-order valence-electron chi connectivity index (χ2n) is 1.77. The zero-order valence-corrected chi connectivity index (χ0v) is 7.40. The van der Waals surface area contributed by atoms with Crippen molar-refractivity contribution in [2.75, 3.05) is 0 Å². The van der Waals surface area contributed by atoms with Crippen molar-refractivity contribution in [3.05, 3.63) is 34.9 Å². The van der Waals surface area contributed by atoms with Crippen LogP contribution in [0.15, 0.2) is 34.9 Å². The van der Waals surface area contributed by atoms with Crippen LogP contribution in [0.4, 0.5) is 0 Å². The molecule has 0 saturated heterocycles. The van der Waals surface area contributed by atoms with Crippen LogP contribution in [0.5, 0.6) is 0 Å². The Bertz CT molecular complexity index is 152. The van der Waals surface area contributed by atoms with Crippen molar-refractivity contribution in [3.63, 3.8) is 0 Å². The fraction of sp³-hybridized carbons (Fsp3) is 0.250. The van der Waals surface area contributed by atoms with Crippen LogP contribution in [0.2, 0.25) is 0 Å². The first-order valence-corrected chi connectivity index (χ1v) is 3.62. The number of allylic oxidation sites excluding steroid dienone is 5. The largest absolute Gasteiger partial charge is 0.0988 e. The van der Waals surface area contributed by atoms with E-state index in [-0.39, 0.29) is 0 Å². The maximum Gasteiger partial charge on any atom is 0.0135 e. The van der Waals surface area contributed by atoms with Crippen molar-refractivity contribution >= 4 is 15.9 Å². The fourth-order valence-corrected chi connectivity index (χ4v) is 0.721. The molecular formula is C8H11Br. The zero-order valence-electron chi connectivity index (χ0n) is 5.82. The van der Waals surface area contributed by atoms with Crippen molar-refractivity contribution in [1.82, 2.24) is 0 Å². The fourth-order valence-electron chi connectivity index (χ4n) is 0.360. The highest BCUT2D eigenvalue weighted by molar-refractivity contribution is 9.11. The topological polar surface area (TPSA) is 0 Å². The molecule has 0 aromatic heterocycles. The first kappa shape index (κ1) is 8.70. The Morgan fingerprint density at radius 3 is 2.44 bits per heavy atom. The van der Waals surface area contributed by atoms with Crippen LogP contribution >= 0.6 is 15.9 Å². The molecule has 0 atom stereocenters. The van der Waals surface area contributed by atoms with E-state index in [4.69, 9.17) is 0 Å². The van der Waals surface area contributed by atoms with E-state index in [0.717, 1.165) is 4.48 Å². The van der Waals surface area contributed by atoms with Crippen molar-refractivity contribution in [1.29, 1.82) is 0 Å². The van der Waals surface area contributed by atoms with E-state index in [1.807, 2.05) is 32.1 Å². The number of halogens is 1. The molecule has 0 aliphatic rings. The van der Waals surface area contributed by atoms with Crippen LogP contribution in [0.3, 0.4) is 0 Å². The van der Waals surface area contributed by atoms with E-state index >= 15 is 0 Å². The summed E-state index contributed by atoms with van der Waals surface area (Å²) >= 11 is 3.36. The summed E-state index contributed by atoms with van der Waals surface area (Å²) in [5, 5.41) is 0. The summed E-state index contributed by atoms with van der Waals surface area (Å²) in [7, 11) is 0. The quantitative estimate of drug-likeness (QED) is 0.581. The van der Waals surface area contributed by atoms with Gasteiger partial charge in [0.2, 0.25) is 0 Å². The molecule has 0 saturated carbocycles. The SMILES string of the molecule is C=C/C(C)=C\C(Br)=C/C. The van der Waals surface area contributed by atoms with E-state index in [1.165, 1.54) is 5.57 Å². The maximum absolute atomic E-state index is 3.63. The highest BCUT2D eigenvalue weighted by Crippen LogP contribution is 2.09. The monoisotopic (exact) mass is 186 g/mol. The molecule has 0 fully saturated rings. The van der Waals surface area contributed by atoms with Gasteiger partial charge in [0.05, 0.1) is 0 Å². The molecule has 0 radical (unpaired) electrons. The van der Waals surface area contributed by atoms with Gasteiger partial charge in [0, 0.05) is 4.48 Å². The summed E-state index contributed by atoms with van der Waals surface area (Å²) in [6.45, 7) is 7.63. The Morgan fingerprint density at radius 1 is 1.56 bits per heavy atom. The lowest BCUT2D eigenvalue weighted by Crippen LogP contribution is -1.66. The molecule has 9 heavy (non-hydrogen) atoms. The molecule has 0 heterocycles. The summed E-state index contributed by atoms with van der Waals surface area (Å²) in [5.41, 5.74) is 1.17. The molecule has 0 aromatic carbocycles. The Hall–Kier alpha value is -0.300. The molecular weight excluding hydrogens is 176 g/mol. The van der Waals surface area contributed by atoms with E-state index in [1.54, 1.807) is 0 Å². The van der Waals surface area contributed by atoms with Gasteiger partial charge in [-0.3, -0.25) is 0 Å².